The van der Waals surface area contributed by atoms with E-state index in [1.165, 1.54) is 51.4 Å². The van der Waals surface area contributed by atoms with Crippen LogP contribution in [0.4, 0.5) is 0 Å². The summed E-state index contributed by atoms with van der Waals surface area (Å²) in [4.78, 5) is 0. The van der Waals surface area contributed by atoms with Crippen LogP contribution in [0.1, 0.15) is 77.6 Å². The molecule has 0 heterocycles. The number of nitrogens with two attached hydrogens (primary N) is 1. The first-order valence-electron chi connectivity index (χ1n) is 7.63. The second kappa shape index (κ2) is 8.10. The maximum absolute atomic E-state index is 10.2. The van der Waals surface area contributed by atoms with Gasteiger partial charge in [-0.05, 0) is 19.3 Å². The molecule has 0 saturated heterocycles. The maximum Gasteiger partial charge on any atom is 0.0608 e. The summed E-state index contributed by atoms with van der Waals surface area (Å²) in [6.07, 6.45) is 13.5. The van der Waals surface area contributed by atoms with Crippen molar-refractivity contribution in [2.45, 2.75) is 83.7 Å². The fraction of sp³-hybridized carbons (Fsp3) is 1.00. The molecule has 2 atom stereocenters. The molecule has 0 bridgehead atoms. The maximum atomic E-state index is 10.2. The molecule has 2 nitrogen and oxygen atoms in total. The van der Waals surface area contributed by atoms with E-state index in [0.29, 0.717) is 6.54 Å². The Labute approximate surface area is 107 Å². The highest BCUT2D eigenvalue weighted by atomic mass is 16.3. The Balaban J connectivity index is 2.21. The highest BCUT2D eigenvalue weighted by molar-refractivity contribution is 4.90. The summed E-state index contributed by atoms with van der Waals surface area (Å²) in [6, 6.07) is 0. The minimum atomic E-state index is -0.142. The molecule has 1 fully saturated rings. The third-order valence-corrected chi connectivity index (χ3v) is 4.54. The van der Waals surface area contributed by atoms with Crippen molar-refractivity contribution in [2.24, 2.45) is 11.1 Å². The minimum absolute atomic E-state index is 0.0585. The summed E-state index contributed by atoms with van der Waals surface area (Å²) in [7, 11) is 0. The summed E-state index contributed by atoms with van der Waals surface area (Å²) < 4.78 is 0. The molecule has 102 valence electrons. The Bertz CT molecular complexity index is 195. The summed E-state index contributed by atoms with van der Waals surface area (Å²) >= 11 is 0. The number of hydrogen-bond donors (Lipinski definition) is 2. The van der Waals surface area contributed by atoms with Gasteiger partial charge in [-0.25, -0.2) is 0 Å². The second-order valence-electron chi connectivity index (χ2n) is 5.85. The zero-order chi connectivity index (χ0) is 12.6. The fourth-order valence-corrected chi connectivity index (χ4v) is 3.18. The molecule has 2 heteroatoms. The van der Waals surface area contributed by atoms with Gasteiger partial charge in [-0.1, -0.05) is 58.3 Å². The van der Waals surface area contributed by atoms with Gasteiger partial charge in [0.15, 0.2) is 0 Å². The molecule has 0 aromatic carbocycles. The number of rotatable bonds is 8. The Morgan fingerprint density at radius 1 is 1.12 bits per heavy atom. The predicted octanol–water partition coefficient (Wildman–Crippen LogP) is 3.62. The zero-order valence-corrected chi connectivity index (χ0v) is 11.6. The summed E-state index contributed by atoms with van der Waals surface area (Å²) in [6.45, 7) is 2.92. The first-order chi connectivity index (χ1) is 8.25. The van der Waals surface area contributed by atoms with E-state index >= 15 is 0 Å². The molecular weight excluding hydrogens is 210 g/mol. The molecule has 0 aromatic heterocycles. The molecule has 1 aliphatic rings. The molecule has 1 rings (SSSR count). The number of aliphatic hydroxyl groups excluding tert-OH is 1. The lowest BCUT2D eigenvalue weighted by Crippen LogP contribution is -2.44. The van der Waals surface area contributed by atoms with Crippen LogP contribution in [0.15, 0.2) is 0 Å². The smallest absolute Gasteiger partial charge is 0.0608 e. The third kappa shape index (κ3) is 4.59. The Morgan fingerprint density at radius 3 is 2.47 bits per heavy atom. The van der Waals surface area contributed by atoms with Gasteiger partial charge in [-0.15, -0.1) is 0 Å². The van der Waals surface area contributed by atoms with Gasteiger partial charge >= 0.3 is 0 Å². The molecule has 3 N–H and O–H groups in total. The highest BCUT2D eigenvalue weighted by Gasteiger charge is 2.37. The van der Waals surface area contributed by atoms with Crippen molar-refractivity contribution >= 4 is 0 Å². The lowest BCUT2D eigenvalue weighted by atomic mass is 9.69. The van der Waals surface area contributed by atoms with Crippen molar-refractivity contribution in [2.75, 3.05) is 6.54 Å². The summed E-state index contributed by atoms with van der Waals surface area (Å²) in [5, 5.41) is 10.2. The fourth-order valence-electron chi connectivity index (χ4n) is 3.18. The van der Waals surface area contributed by atoms with Gasteiger partial charge in [0.05, 0.1) is 6.10 Å². The van der Waals surface area contributed by atoms with Gasteiger partial charge in [0.1, 0.15) is 0 Å². The van der Waals surface area contributed by atoms with Gasteiger partial charge in [0, 0.05) is 12.0 Å². The van der Waals surface area contributed by atoms with E-state index in [-0.39, 0.29) is 11.5 Å². The molecule has 0 aliphatic heterocycles. The van der Waals surface area contributed by atoms with Crippen molar-refractivity contribution < 1.29 is 5.11 Å². The van der Waals surface area contributed by atoms with Crippen molar-refractivity contribution in [1.29, 1.82) is 0 Å². The van der Waals surface area contributed by atoms with Gasteiger partial charge in [0.2, 0.25) is 0 Å². The van der Waals surface area contributed by atoms with Crippen LogP contribution in [0.25, 0.3) is 0 Å². The van der Waals surface area contributed by atoms with E-state index in [9.17, 15) is 5.11 Å². The van der Waals surface area contributed by atoms with E-state index in [0.717, 1.165) is 19.3 Å². The third-order valence-electron chi connectivity index (χ3n) is 4.54. The van der Waals surface area contributed by atoms with Crippen LogP contribution < -0.4 is 5.73 Å². The average molecular weight is 241 g/mol. The number of aliphatic hydroxyl groups is 1. The van der Waals surface area contributed by atoms with Gasteiger partial charge in [-0.2, -0.15) is 0 Å². The average Bonchev–Trinajstić information content (AvgIpc) is 2.36. The number of unbranched alkanes of at least 4 members (excludes halogenated alkanes) is 5. The molecule has 0 radical (unpaired) electrons. The first kappa shape index (κ1) is 15.0. The van der Waals surface area contributed by atoms with E-state index in [1.54, 1.807) is 0 Å². The molecule has 1 saturated carbocycles. The molecular formula is C15H31NO. The van der Waals surface area contributed by atoms with Crippen LogP contribution in [0, 0.1) is 5.41 Å². The molecule has 1 aliphatic carbocycles. The van der Waals surface area contributed by atoms with Crippen molar-refractivity contribution in [3.63, 3.8) is 0 Å². The van der Waals surface area contributed by atoms with Crippen LogP contribution in [0.5, 0.6) is 0 Å². The SMILES string of the molecule is CCCCCCCCC1(CN)CCCCC1O. The number of hydrogen-bond acceptors (Lipinski definition) is 2. The molecule has 0 aromatic rings. The van der Waals surface area contributed by atoms with Crippen LogP contribution in [-0.4, -0.2) is 17.8 Å². The van der Waals surface area contributed by atoms with Gasteiger partial charge < -0.3 is 10.8 Å². The largest absolute Gasteiger partial charge is 0.393 e. The summed E-state index contributed by atoms with van der Waals surface area (Å²) in [5.74, 6) is 0. The monoisotopic (exact) mass is 241 g/mol. The lowest BCUT2D eigenvalue weighted by molar-refractivity contribution is -0.0134. The van der Waals surface area contributed by atoms with Crippen LogP contribution in [0.2, 0.25) is 0 Å². The predicted molar refractivity (Wildman–Crippen MR) is 74.0 cm³/mol. The molecule has 2 unspecified atom stereocenters. The standard InChI is InChI=1S/C15H31NO/c1-2-3-4-5-6-8-11-15(13-16)12-9-7-10-14(15)17/h14,17H,2-13,16H2,1H3. The molecule has 0 spiro atoms. The van der Waals surface area contributed by atoms with Crippen molar-refractivity contribution in [3.8, 4) is 0 Å². The highest BCUT2D eigenvalue weighted by Crippen LogP contribution is 2.40. The van der Waals surface area contributed by atoms with E-state index < -0.39 is 0 Å². The van der Waals surface area contributed by atoms with Crippen LogP contribution in [-0.2, 0) is 0 Å². The van der Waals surface area contributed by atoms with Gasteiger partial charge in [-0.3, -0.25) is 0 Å². The first-order valence-corrected chi connectivity index (χ1v) is 7.63. The second-order valence-corrected chi connectivity index (χ2v) is 5.85. The van der Waals surface area contributed by atoms with E-state index in [1.807, 2.05) is 0 Å². The Hall–Kier alpha value is -0.0800. The molecule has 17 heavy (non-hydrogen) atoms. The van der Waals surface area contributed by atoms with Crippen molar-refractivity contribution in [1.82, 2.24) is 0 Å². The lowest BCUT2D eigenvalue weighted by Gasteiger charge is -2.41. The van der Waals surface area contributed by atoms with Crippen LogP contribution in [0.3, 0.4) is 0 Å². The van der Waals surface area contributed by atoms with E-state index in [4.69, 9.17) is 5.73 Å². The zero-order valence-electron chi connectivity index (χ0n) is 11.6. The Morgan fingerprint density at radius 2 is 1.82 bits per heavy atom. The van der Waals surface area contributed by atoms with Gasteiger partial charge in [0.25, 0.3) is 0 Å². The van der Waals surface area contributed by atoms with E-state index in [2.05, 4.69) is 6.92 Å². The normalized spacial score (nSPS) is 29.5. The quantitative estimate of drug-likeness (QED) is 0.638. The Kier molecular flexibility index (Phi) is 7.14. The minimum Gasteiger partial charge on any atom is -0.393 e. The topological polar surface area (TPSA) is 46.2 Å². The van der Waals surface area contributed by atoms with Crippen LogP contribution >= 0.6 is 0 Å². The summed E-state index contributed by atoms with van der Waals surface area (Å²) in [5.41, 5.74) is 5.99. The van der Waals surface area contributed by atoms with Crippen molar-refractivity contribution in [3.05, 3.63) is 0 Å². The molecule has 0 amide bonds.